The van der Waals surface area contributed by atoms with Crippen molar-refractivity contribution < 1.29 is 14.3 Å². The van der Waals surface area contributed by atoms with Crippen molar-refractivity contribution in [3.63, 3.8) is 0 Å². The number of carbonyl (C=O) groups is 1. The Balaban J connectivity index is 0.00000225. The van der Waals surface area contributed by atoms with Gasteiger partial charge in [-0.15, -0.1) is 12.4 Å². The van der Waals surface area contributed by atoms with E-state index in [1.807, 2.05) is 19.4 Å². The number of halogens is 1. The van der Waals surface area contributed by atoms with E-state index in [4.69, 9.17) is 9.47 Å². The quantitative estimate of drug-likeness (QED) is 0.843. The van der Waals surface area contributed by atoms with Crippen LogP contribution in [0.1, 0.15) is 11.5 Å². The lowest BCUT2D eigenvalue weighted by Gasteiger charge is -2.18. The molecule has 1 aromatic heterocycles. The van der Waals surface area contributed by atoms with Crippen LogP contribution < -0.4 is 20.1 Å². The number of amides is 1. The zero-order chi connectivity index (χ0) is 17.1. The predicted molar refractivity (Wildman–Crippen MR) is 97.7 cm³/mol. The molecule has 1 aliphatic rings. The van der Waals surface area contributed by atoms with E-state index in [1.165, 1.54) is 0 Å². The molecule has 2 N–H and O–H groups in total. The number of rotatable bonds is 5. The lowest BCUT2D eigenvalue weighted by molar-refractivity contribution is -0.119. The van der Waals surface area contributed by atoms with Crippen LogP contribution in [0.2, 0.25) is 0 Å². The Kier molecular flexibility index (Phi) is 6.27. The number of benzene rings is 1. The van der Waals surface area contributed by atoms with Crippen LogP contribution in [0.4, 0.5) is 5.69 Å². The van der Waals surface area contributed by atoms with E-state index in [2.05, 4.69) is 15.7 Å². The Morgan fingerprint density at radius 3 is 2.76 bits per heavy atom. The fourth-order valence-corrected chi connectivity index (χ4v) is 3.07. The second kappa shape index (κ2) is 8.22. The largest absolute Gasteiger partial charge is 0.497 e. The van der Waals surface area contributed by atoms with Crippen molar-refractivity contribution in [2.24, 2.45) is 13.0 Å². The maximum absolute atomic E-state index is 12.8. The van der Waals surface area contributed by atoms with Gasteiger partial charge in [0.05, 0.1) is 32.0 Å². The van der Waals surface area contributed by atoms with E-state index in [0.717, 1.165) is 12.1 Å². The third kappa shape index (κ3) is 4.05. The van der Waals surface area contributed by atoms with Crippen molar-refractivity contribution in [2.75, 3.05) is 32.6 Å². The second-order valence-electron chi connectivity index (χ2n) is 5.87. The van der Waals surface area contributed by atoms with E-state index in [9.17, 15) is 4.79 Å². The Labute approximate surface area is 153 Å². The molecule has 0 aliphatic carbocycles. The average molecular weight is 367 g/mol. The SMILES string of the molecule is COc1ccc(OC)c(NC(=O)[C@H]2CNC[C@@H]2c2cnn(C)c2)c1.Cl. The Morgan fingerprint density at radius 1 is 1.32 bits per heavy atom. The summed E-state index contributed by atoms with van der Waals surface area (Å²) in [4.78, 5) is 12.8. The zero-order valence-corrected chi connectivity index (χ0v) is 15.3. The van der Waals surface area contributed by atoms with Crippen LogP contribution in [0.25, 0.3) is 0 Å². The number of hydrogen-bond donors (Lipinski definition) is 2. The molecule has 0 spiro atoms. The lowest BCUT2D eigenvalue weighted by Crippen LogP contribution is -2.28. The summed E-state index contributed by atoms with van der Waals surface area (Å²) in [6.45, 7) is 1.40. The first kappa shape index (κ1) is 19.1. The summed E-state index contributed by atoms with van der Waals surface area (Å²) >= 11 is 0. The summed E-state index contributed by atoms with van der Waals surface area (Å²) in [7, 11) is 5.04. The smallest absolute Gasteiger partial charge is 0.229 e. The first-order chi connectivity index (χ1) is 11.6. The molecule has 0 saturated carbocycles. The molecule has 0 bridgehead atoms. The monoisotopic (exact) mass is 366 g/mol. The molecule has 1 aliphatic heterocycles. The average Bonchev–Trinajstić information content (AvgIpc) is 3.23. The van der Waals surface area contributed by atoms with Crippen LogP contribution in [0.3, 0.4) is 0 Å². The van der Waals surface area contributed by atoms with Gasteiger partial charge in [0.2, 0.25) is 5.91 Å². The first-order valence-corrected chi connectivity index (χ1v) is 7.84. The number of anilines is 1. The van der Waals surface area contributed by atoms with Crippen molar-refractivity contribution in [3.05, 3.63) is 36.2 Å². The van der Waals surface area contributed by atoms with Crippen molar-refractivity contribution in [1.29, 1.82) is 0 Å². The van der Waals surface area contributed by atoms with Gasteiger partial charge >= 0.3 is 0 Å². The molecule has 1 aromatic carbocycles. The fourth-order valence-electron chi connectivity index (χ4n) is 3.07. The minimum atomic E-state index is -0.162. The van der Waals surface area contributed by atoms with E-state index in [-0.39, 0.29) is 30.2 Å². The summed E-state index contributed by atoms with van der Waals surface area (Å²) < 4.78 is 12.3. The number of ether oxygens (including phenoxy) is 2. The summed E-state index contributed by atoms with van der Waals surface area (Å²) in [5, 5.41) is 10.5. The number of methoxy groups -OCH3 is 2. The standard InChI is InChI=1S/C17H22N4O3.ClH/c1-21-10-11(7-19-21)13-8-18-9-14(13)17(22)20-15-6-12(23-2)4-5-16(15)24-3;/h4-7,10,13-14,18H,8-9H2,1-3H3,(H,20,22);1H/t13-,14+;/m1./s1. The fraction of sp³-hybridized carbons (Fsp3) is 0.412. The third-order valence-corrected chi connectivity index (χ3v) is 4.37. The molecule has 136 valence electrons. The highest BCUT2D eigenvalue weighted by Gasteiger charge is 2.35. The third-order valence-electron chi connectivity index (χ3n) is 4.37. The number of carbonyl (C=O) groups excluding carboxylic acids is 1. The van der Waals surface area contributed by atoms with E-state index >= 15 is 0 Å². The number of aryl methyl sites for hydroxylation is 1. The molecule has 2 aromatic rings. The summed E-state index contributed by atoms with van der Waals surface area (Å²) in [6.07, 6.45) is 3.79. The van der Waals surface area contributed by atoms with Crippen LogP contribution in [0.15, 0.2) is 30.6 Å². The molecule has 3 rings (SSSR count). The van der Waals surface area contributed by atoms with Crippen molar-refractivity contribution in [2.45, 2.75) is 5.92 Å². The number of hydrogen-bond acceptors (Lipinski definition) is 5. The first-order valence-electron chi connectivity index (χ1n) is 7.84. The van der Waals surface area contributed by atoms with Crippen LogP contribution in [-0.4, -0.2) is 43.0 Å². The highest BCUT2D eigenvalue weighted by atomic mass is 35.5. The van der Waals surface area contributed by atoms with Gasteiger partial charge in [0, 0.05) is 38.3 Å². The molecule has 2 atom stereocenters. The molecular formula is C17H23ClN4O3. The predicted octanol–water partition coefficient (Wildman–Crippen LogP) is 1.80. The second-order valence-corrected chi connectivity index (χ2v) is 5.87. The van der Waals surface area contributed by atoms with Crippen molar-refractivity contribution in [3.8, 4) is 11.5 Å². The van der Waals surface area contributed by atoms with Crippen molar-refractivity contribution in [1.82, 2.24) is 15.1 Å². The molecule has 1 saturated heterocycles. The summed E-state index contributed by atoms with van der Waals surface area (Å²) in [5.41, 5.74) is 1.68. The van der Waals surface area contributed by atoms with Gasteiger partial charge in [-0.05, 0) is 17.7 Å². The van der Waals surface area contributed by atoms with Crippen LogP contribution in [-0.2, 0) is 11.8 Å². The highest BCUT2D eigenvalue weighted by Crippen LogP contribution is 2.32. The number of nitrogens with zero attached hydrogens (tertiary/aromatic N) is 2. The molecule has 1 amide bonds. The van der Waals surface area contributed by atoms with Gasteiger partial charge < -0.3 is 20.1 Å². The molecule has 0 radical (unpaired) electrons. The Morgan fingerprint density at radius 2 is 2.12 bits per heavy atom. The lowest BCUT2D eigenvalue weighted by atomic mass is 9.90. The summed E-state index contributed by atoms with van der Waals surface area (Å²) in [5.74, 6) is 1.17. The normalized spacial score (nSPS) is 19.2. The van der Waals surface area contributed by atoms with Gasteiger partial charge in [-0.1, -0.05) is 0 Å². The molecule has 8 heteroatoms. The Bertz CT molecular complexity index is 734. The van der Waals surface area contributed by atoms with Gasteiger partial charge in [-0.3, -0.25) is 9.48 Å². The van der Waals surface area contributed by atoms with Crippen molar-refractivity contribution >= 4 is 24.0 Å². The van der Waals surface area contributed by atoms with Gasteiger partial charge in [0.15, 0.2) is 0 Å². The number of nitrogens with one attached hydrogen (secondary N) is 2. The minimum Gasteiger partial charge on any atom is -0.497 e. The van der Waals surface area contributed by atoms with Crippen LogP contribution in [0, 0.1) is 5.92 Å². The van der Waals surface area contributed by atoms with Crippen LogP contribution >= 0.6 is 12.4 Å². The van der Waals surface area contributed by atoms with E-state index in [1.54, 1.807) is 37.1 Å². The number of aromatic nitrogens is 2. The van der Waals surface area contributed by atoms with E-state index in [0.29, 0.717) is 23.7 Å². The molecule has 2 heterocycles. The molecule has 0 unspecified atom stereocenters. The van der Waals surface area contributed by atoms with Gasteiger partial charge in [0.25, 0.3) is 0 Å². The van der Waals surface area contributed by atoms with E-state index < -0.39 is 0 Å². The van der Waals surface area contributed by atoms with Gasteiger partial charge in [-0.2, -0.15) is 5.10 Å². The minimum absolute atomic E-state index is 0. The zero-order valence-electron chi connectivity index (χ0n) is 14.5. The topological polar surface area (TPSA) is 77.4 Å². The molecule has 7 nitrogen and oxygen atoms in total. The maximum Gasteiger partial charge on any atom is 0.229 e. The Hall–Kier alpha value is -2.25. The highest BCUT2D eigenvalue weighted by molar-refractivity contribution is 5.95. The summed E-state index contributed by atoms with van der Waals surface area (Å²) in [6, 6.07) is 5.34. The van der Waals surface area contributed by atoms with Gasteiger partial charge in [-0.25, -0.2) is 0 Å². The molecule has 1 fully saturated rings. The maximum atomic E-state index is 12.8. The molecule has 25 heavy (non-hydrogen) atoms. The van der Waals surface area contributed by atoms with Gasteiger partial charge in [0.1, 0.15) is 11.5 Å². The molecular weight excluding hydrogens is 344 g/mol. The van der Waals surface area contributed by atoms with Crippen LogP contribution in [0.5, 0.6) is 11.5 Å².